The van der Waals surface area contributed by atoms with Gasteiger partial charge in [0.05, 0.1) is 12.7 Å². The zero-order valence-corrected chi connectivity index (χ0v) is 12.9. The molecular weight excluding hydrogens is 336 g/mol. The molecule has 0 saturated heterocycles. The van der Waals surface area contributed by atoms with Crippen molar-refractivity contribution in [1.82, 2.24) is 0 Å². The molecular formula is C16H13BrO4. The average molecular weight is 349 g/mol. The van der Waals surface area contributed by atoms with E-state index in [2.05, 4.69) is 20.7 Å². The van der Waals surface area contributed by atoms with E-state index in [9.17, 15) is 9.59 Å². The Morgan fingerprint density at radius 2 is 1.90 bits per heavy atom. The largest absolute Gasteiger partial charge is 0.489 e. The maximum absolute atomic E-state index is 11.3. The highest BCUT2D eigenvalue weighted by atomic mass is 79.9. The molecule has 0 heterocycles. The number of carbonyl (C=O) groups excluding carboxylic acids is 2. The number of benzene rings is 2. The minimum atomic E-state index is -0.369. The molecule has 108 valence electrons. The summed E-state index contributed by atoms with van der Waals surface area (Å²) in [5.74, 6) is 0.239. The molecule has 0 atom stereocenters. The van der Waals surface area contributed by atoms with Gasteiger partial charge in [-0.15, -0.1) is 0 Å². The third-order valence-corrected chi connectivity index (χ3v) is 3.60. The molecule has 21 heavy (non-hydrogen) atoms. The minimum absolute atomic E-state index is 0.349. The number of carbonyl (C=O) groups is 2. The molecule has 0 spiro atoms. The third kappa shape index (κ3) is 3.92. The lowest BCUT2D eigenvalue weighted by Gasteiger charge is -2.08. The standard InChI is InChI=1S/C16H13BrO4/c1-20-16(19)12-4-2-11(3-5-12)10-21-14-6-7-15(17)13(8-14)9-18/h2-9H,10H2,1H3. The lowest BCUT2D eigenvalue weighted by Crippen LogP contribution is -2.02. The molecule has 0 bridgehead atoms. The second kappa shape index (κ2) is 7.04. The van der Waals surface area contributed by atoms with Gasteiger partial charge in [0, 0.05) is 10.0 Å². The Labute approximate surface area is 130 Å². The number of methoxy groups -OCH3 is 1. The van der Waals surface area contributed by atoms with Crippen molar-refractivity contribution in [2.45, 2.75) is 6.61 Å². The van der Waals surface area contributed by atoms with E-state index >= 15 is 0 Å². The Morgan fingerprint density at radius 3 is 2.52 bits per heavy atom. The van der Waals surface area contributed by atoms with Crippen LogP contribution in [0.1, 0.15) is 26.3 Å². The van der Waals surface area contributed by atoms with Crippen LogP contribution in [0.5, 0.6) is 5.75 Å². The number of aldehydes is 1. The number of esters is 1. The first-order valence-electron chi connectivity index (χ1n) is 6.19. The molecule has 0 aliphatic rings. The number of rotatable bonds is 5. The molecule has 0 unspecified atom stereocenters. The predicted molar refractivity (Wildman–Crippen MR) is 81.6 cm³/mol. The van der Waals surface area contributed by atoms with Gasteiger partial charge >= 0.3 is 5.97 Å². The van der Waals surface area contributed by atoms with Gasteiger partial charge in [0.1, 0.15) is 12.4 Å². The Balaban J connectivity index is 2.03. The Kier molecular flexibility index (Phi) is 5.11. The van der Waals surface area contributed by atoms with Gasteiger partial charge in [-0.05, 0) is 35.9 Å². The van der Waals surface area contributed by atoms with E-state index in [1.54, 1.807) is 42.5 Å². The topological polar surface area (TPSA) is 52.6 Å². The van der Waals surface area contributed by atoms with Crippen molar-refractivity contribution in [1.29, 1.82) is 0 Å². The van der Waals surface area contributed by atoms with Crippen molar-refractivity contribution in [3.05, 3.63) is 63.6 Å². The van der Waals surface area contributed by atoms with Crippen LogP contribution >= 0.6 is 15.9 Å². The van der Waals surface area contributed by atoms with E-state index < -0.39 is 0 Å². The first kappa shape index (κ1) is 15.3. The molecule has 0 saturated carbocycles. The van der Waals surface area contributed by atoms with Crippen molar-refractivity contribution >= 4 is 28.2 Å². The van der Waals surface area contributed by atoms with Gasteiger partial charge in [0.15, 0.2) is 6.29 Å². The Bertz CT molecular complexity index is 650. The fraction of sp³-hybridized carbons (Fsp3) is 0.125. The predicted octanol–water partition coefficient (Wildman–Crippen LogP) is 3.63. The zero-order chi connectivity index (χ0) is 15.2. The summed E-state index contributed by atoms with van der Waals surface area (Å²) in [4.78, 5) is 22.2. The first-order valence-corrected chi connectivity index (χ1v) is 6.98. The minimum Gasteiger partial charge on any atom is -0.489 e. The highest BCUT2D eigenvalue weighted by Gasteiger charge is 2.05. The summed E-state index contributed by atoms with van der Waals surface area (Å²) in [6, 6.07) is 12.2. The van der Waals surface area contributed by atoms with Gasteiger partial charge in [-0.1, -0.05) is 28.1 Å². The van der Waals surface area contributed by atoms with E-state index in [0.29, 0.717) is 23.5 Å². The maximum Gasteiger partial charge on any atom is 0.337 e. The molecule has 0 aliphatic heterocycles. The maximum atomic E-state index is 11.3. The summed E-state index contributed by atoms with van der Waals surface area (Å²) >= 11 is 3.28. The number of ether oxygens (including phenoxy) is 2. The molecule has 0 aromatic heterocycles. The summed E-state index contributed by atoms with van der Waals surface area (Å²) in [6.07, 6.45) is 0.766. The van der Waals surface area contributed by atoms with E-state index in [1.165, 1.54) is 7.11 Å². The molecule has 0 aliphatic carbocycles. The van der Waals surface area contributed by atoms with Crippen molar-refractivity contribution in [2.24, 2.45) is 0 Å². The second-order valence-electron chi connectivity index (χ2n) is 4.28. The molecule has 0 radical (unpaired) electrons. The summed E-state index contributed by atoms with van der Waals surface area (Å²) in [5, 5.41) is 0. The first-order chi connectivity index (χ1) is 10.1. The summed E-state index contributed by atoms with van der Waals surface area (Å²) in [5.41, 5.74) is 1.94. The lowest BCUT2D eigenvalue weighted by atomic mass is 10.1. The van der Waals surface area contributed by atoms with Gasteiger partial charge in [-0.25, -0.2) is 4.79 Å². The van der Waals surface area contributed by atoms with Crippen LogP contribution in [0.2, 0.25) is 0 Å². The van der Waals surface area contributed by atoms with Gasteiger partial charge in [-0.2, -0.15) is 0 Å². The van der Waals surface area contributed by atoms with Crippen LogP contribution in [0, 0.1) is 0 Å². The quantitative estimate of drug-likeness (QED) is 0.611. The number of hydrogen-bond acceptors (Lipinski definition) is 4. The van der Waals surface area contributed by atoms with Crippen molar-refractivity contribution < 1.29 is 19.1 Å². The normalized spacial score (nSPS) is 10.0. The van der Waals surface area contributed by atoms with E-state index in [4.69, 9.17) is 4.74 Å². The smallest absolute Gasteiger partial charge is 0.337 e. The van der Waals surface area contributed by atoms with Crippen molar-refractivity contribution in [2.75, 3.05) is 7.11 Å². The van der Waals surface area contributed by atoms with Gasteiger partial charge in [0.25, 0.3) is 0 Å². The van der Waals surface area contributed by atoms with Crippen LogP contribution in [0.4, 0.5) is 0 Å². The molecule has 0 fully saturated rings. The van der Waals surface area contributed by atoms with Crippen LogP contribution in [-0.2, 0) is 11.3 Å². The molecule has 5 heteroatoms. The fourth-order valence-electron chi connectivity index (χ4n) is 1.72. The summed E-state index contributed by atoms with van der Waals surface area (Å²) in [7, 11) is 1.34. The highest BCUT2D eigenvalue weighted by Crippen LogP contribution is 2.22. The summed E-state index contributed by atoms with van der Waals surface area (Å²) < 4.78 is 11.0. The van der Waals surface area contributed by atoms with Crippen LogP contribution in [0.3, 0.4) is 0 Å². The van der Waals surface area contributed by atoms with E-state index in [1.807, 2.05) is 0 Å². The van der Waals surface area contributed by atoms with E-state index in [0.717, 1.165) is 16.3 Å². The van der Waals surface area contributed by atoms with Crippen LogP contribution in [0.25, 0.3) is 0 Å². The van der Waals surface area contributed by atoms with Crippen molar-refractivity contribution in [3.63, 3.8) is 0 Å². The van der Waals surface area contributed by atoms with Crippen molar-refractivity contribution in [3.8, 4) is 5.75 Å². The van der Waals surface area contributed by atoms with Gasteiger partial charge < -0.3 is 9.47 Å². The Hall–Kier alpha value is -2.14. The zero-order valence-electron chi connectivity index (χ0n) is 11.3. The SMILES string of the molecule is COC(=O)c1ccc(COc2ccc(Br)c(C=O)c2)cc1. The van der Waals surface area contributed by atoms with Gasteiger partial charge in [0.2, 0.25) is 0 Å². The number of halogens is 1. The molecule has 2 aromatic rings. The summed E-state index contributed by atoms with van der Waals surface area (Å²) in [6.45, 7) is 0.349. The van der Waals surface area contributed by atoms with Crippen LogP contribution in [-0.4, -0.2) is 19.4 Å². The van der Waals surface area contributed by atoms with Crippen LogP contribution < -0.4 is 4.74 Å². The highest BCUT2D eigenvalue weighted by molar-refractivity contribution is 9.10. The van der Waals surface area contributed by atoms with Crippen LogP contribution in [0.15, 0.2) is 46.9 Å². The average Bonchev–Trinajstić information content (AvgIpc) is 2.53. The lowest BCUT2D eigenvalue weighted by molar-refractivity contribution is 0.0600. The third-order valence-electron chi connectivity index (χ3n) is 2.87. The molecule has 4 nitrogen and oxygen atoms in total. The molecule has 0 N–H and O–H groups in total. The second-order valence-corrected chi connectivity index (χ2v) is 5.13. The number of hydrogen-bond donors (Lipinski definition) is 0. The molecule has 2 rings (SSSR count). The fourth-order valence-corrected chi connectivity index (χ4v) is 2.06. The molecule has 0 amide bonds. The monoisotopic (exact) mass is 348 g/mol. The van der Waals surface area contributed by atoms with E-state index in [-0.39, 0.29) is 5.97 Å². The Morgan fingerprint density at radius 1 is 1.19 bits per heavy atom. The molecule has 2 aromatic carbocycles. The van der Waals surface area contributed by atoms with Gasteiger partial charge in [-0.3, -0.25) is 4.79 Å².